The fraction of sp³-hybridized carbons (Fsp3) is 0.158. The smallest absolute Gasteiger partial charge is 0.287 e. The number of rotatable bonds is 5. The molecule has 5 nitrogen and oxygen atoms in total. The zero-order valence-electron chi connectivity index (χ0n) is 13.7. The number of fused-ring (bicyclic) bond motifs is 1. The van der Waals surface area contributed by atoms with Gasteiger partial charge in [0.1, 0.15) is 5.69 Å². The number of furan rings is 1. The van der Waals surface area contributed by atoms with E-state index in [1.165, 1.54) is 10.9 Å². The molecule has 4 aromatic rings. The van der Waals surface area contributed by atoms with E-state index in [0.717, 1.165) is 22.6 Å². The number of H-pyrrole nitrogens is 1. The molecular formula is C19H17N3O2S. The average Bonchev–Trinajstić information content (AvgIpc) is 3.34. The molecule has 0 aliphatic rings. The highest BCUT2D eigenvalue weighted by atomic mass is 32.1. The highest BCUT2D eigenvalue weighted by molar-refractivity contribution is 7.09. The first-order chi connectivity index (χ1) is 12.2. The zero-order valence-corrected chi connectivity index (χ0v) is 14.5. The number of para-hydroxylation sites is 1. The van der Waals surface area contributed by atoms with Crippen LogP contribution in [0.1, 0.15) is 21.1 Å². The minimum absolute atomic E-state index is 0.210. The lowest BCUT2D eigenvalue weighted by molar-refractivity contribution is 0.0927. The van der Waals surface area contributed by atoms with E-state index in [-0.39, 0.29) is 5.91 Å². The maximum atomic E-state index is 12.3. The Morgan fingerprint density at radius 1 is 1.28 bits per heavy atom. The highest BCUT2D eigenvalue weighted by Gasteiger charge is 2.13. The molecule has 1 aromatic carbocycles. The van der Waals surface area contributed by atoms with Crippen LogP contribution < -0.4 is 5.32 Å². The third-order valence-corrected chi connectivity index (χ3v) is 4.83. The van der Waals surface area contributed by atoms with Crippen LogP contribution in [0.3, 0.4) is 0 Å². The fourth-order valence-electron chi connectivity index (χ4n) is 2.81. The number of hydrogen-bond donors (Lipinski definition) is 2. The molecule has 0 aliphatic heterocycles. The Bertz CT molecular complexity index is 1030. The number of carbonyl (C=O) groups is 1. The number of benzene rings is 1. The monoisotopic (exact) mass is 351 g/mol. The minimum Gasteiger partial charge on any atom is -0.449 e. The SMILES string of the molecule is Cc1nc(-c2ccc(C(=O)NCCc3c[nH]c4ccccc34)o2)cs1. The van der Waals surface area contributed by atoms with Crippen LogP contribution in [0, 0.1) is 6.92 Å². The predicted octanol–water partition coefficient (Wildman–Crippen LogP) is 4.17. The fourth-order valence-corrected chi connectivity index (χ4v) is 3.41. The summed E-state index contributed by atoms with van der Waals surface area (Å²) in [5, 5.41) is 6.99. The second kappa shape index (κ2) is 6.57. The number of amides is 1. The Hall–Kier alpha value is -2.86. The summed E-state index contributed by atoms with van der Waals surface area (Å²) < 4.78 is 5.63. The van der Waals surface area contributed by atoms with Gasteiger partial charge in [0, 0.05) is 29.0 Å². The maximum absolute atomic E-state index is 12.3. The van der Waals surface area contributed by atoms with Crippen molar-refractivity contribution in [3.05, 3.63) is 64.3 Å². The van der Waals surface area contributed by atoms with E-state index in [1.54, 1.807) is 23.5 Å². The van der Waals surface area contributed by atoms with Gasteiger partial charge in [-0.3, -0.25) is 4.79 Å². The summed E-state index contributed by atoms with van der Waals surface area (Å²) in [6.45, 7) is 2.49. The molecule has 0 radical (unpaired) electrons. The van der Waals surface area contributed by atoms with Gasteiger partial charge in [0.25, 0.3) is 5.91 Å². The van der Waals surface area contributed by atoms with Crippen molar-refractivity contribution >= 4 is 28.1 Å². The third kappa shape index (κ3) is 3.21. The van der Waals surface area contributed by atoms with E-state index in [9.17, 15) is 4.79 Å². The number of aryl methyl sites for hydroxylation is 1. The minimum atomic E-state index is -0.210. The Morgan fingerprint density at radius 2 is 2.16 bits per heavy atom. The van der Waals surface area contributed by atoms with Gasteiger partial charge in [-0.15, -0.1) is 11.3 Å². The number of hydrogen-bond acceptors (Lipinski definition) is 4. The van der Waals surface area contributed by atoms with Crippen molar-refractivity contribution < 1.29 is 9.21 Å². The molecule has 1 amide bonds. The Morgan fingerprint density at radius 3 is 3.00 bits per heavy atom. The Kier molecular flexibility index (Phi) is 4.11. The van der Waals surface area contributed by atoms with Crippen molar-refractivity contribution in [2.75, 3.05) is 6.54 Å². The topological polar surface area (TPSA) is 70.9 Å². The second-order valence-corrected chi connectivity index (χ2v) is 6.84. The molecule has 3 aromatic heterocycles. The molecule has 0 unspecified atom stereocenters. The van der Waals surface area contributed by atoms with Crippen molar-refractivity contribution in [2.45, 2.75) is 13.3 Å². The summed E-state index contributed by atoms with van der Waals surface area (Å²) in [6, 6.07) is 11.6. The molecule has 0 aliphatic carbocycles. The van der Waals surface area contributed by atoms with Crippen molar-refractivity contribution in [3.8, 4) is 11.5 Å². The lowest BCUT2D eigenvalue weighted by atomic mass is 10.1. The van der Waals surface area contributed by atoms with Gasteiger partial charge in [0.05, 0.1) is 5.01 Å². The van der Waals surface area contributed by atoms with Gasteiger partial charge >= 0.3 is 0 Å². The largest absolute Gasteiger partial charge is 0.449 e. The van der Waals surface area contributed by atoms with Crippen molar-refractivity contribution in [2.24, 2.45) is 0 Å². The van der Waals surface area contributed by atoms with Gasteiger partial charge in [-0.2, -0.15) is 0 Å². The van der Waals surface area contributed by atoms with Crippen molar-refractivity contribution in [1.29, 1.82) is 0 Å². The van der Waals surface area contributed by atoms with Crippen LogP contribution in [0.4, 0.5) is 0 Å². The van der Waals surface area contributed by atoms with Crippen LogP contribution in [0.25, 0.3) is 22.4 Å². The number of nitrogens with one attached hydrogen (secondary N) is 2. The standard InChI is InChI=1S/C19H17N3O2S/c1-12-22-16(11-25-12)17-6-7-18(24-17)19(23)20-9-8-13-10-21-15-5-3-2-4-14(13)15/h2-7,10-11,21H,8-9H2,1H3,(H,20,23). The molecule has 0 fully saturated rings. The van der Waals surface area contributed by atoms with Gasteiger partial charge in [-0.25, -0.2) is 4.98 Å². The molecule has 126 valence electrons. The summed E-state index contributed by atoms with van der Waals surface area (Å²) in [6.07, 6.45) is 2.75. The van der Waals surface area contributed by atoms with Gasteiger partial charge in [-0.05, 0) is 37.1 Å². The third-order valence-electron chi connectivity index (χ3n) is 4.06. The van der Waals surface area contributed by atoms with Gasteiger partial charge in [0.15, 0.2) is 11.5 Å². The molecule has 2 N–H and O–H groups in total. The molecule has 25 heavy (non-hydrogen) atoms. The van der Waals surface area contributed by atoms with Crippen molar-refractivity contribution in [3.63, 3.8) is 0 Å². The number of thiazole rings is 1. The summed E-state index contributed by atoms with van der Waals surface area (Å²) in [5.41, 5.74) is 3.06. The molecule has 0 atom stereocenters. The molecule has 6 heteroatoms. The highest BCUT2D eigenvalue weighted by Crippen LogP contribution is 2.23. The van der Waals surface area contributed by atoms with E-state index >= 15 is 0 Å². The Labute approximate surface area is 148 Å². The van der Waals surface area contributed by atoms with E-state index < -0.39 is 0 Å². The van der Waals surface area contributed by atoms with Crippen LogP contribution in [0.15, 0.2) is 52.4 Å². The van der Waals surface area contributed by atoms with Crippen LogP contribution in [0.5, 0.6) is 0 Å². The lowest BCUT2D eigenvalue weighted by Crippen LogP contribution is -2.25. The van der Waals surface area contributed by atoms with Crippen molar-refractivity contribution in [1.82, 2.24) is 15.3 Å². The maximum Gasteiger partial charge on any atom is 0.287 e. The lowest BCUT2D eigenvalue weighted by Gasteiger charge is -2.02. The molecular weight excluding hydrogens is 334 g/mol. The quantitative estimate of drug-likeness (QED) is 0.567. The summed E-state index contributed by atoms with van der Waals surface area (Å²) in [7, 11) is 0. The number of aromatic amines is 1. The second-order valence-electron chi connectivity index (χ2n) is 5.78. The molecule has 0 saturated carbocycles. The van der Waals surface area contributed by atoms with Gasteiger partial charge < -0.3 is 14.7 Å². The van der Waals surface area contributed by atoms with Gasteiger partial charge in [-0.1, -0.05) is 18.2 Å². The number of carbonyl (C=O) groups excluding carboxylic acids is 1. The predicted molar refractivity (Wildman–Crippen MR) is 98.9 cm³/mol. The first-order valence-electron chi connectivity index (χ1n) is 8.06. The van der Waals surface area contributed by atoms with E-state index in [0.29, 0.717) is 18.1 Å². The molecule has 0 saturated heterocycles. The number of aromatic nitrogens is 2. The molecule has 4 rings (SSSR count). The van der Waals surface area contributed by atoms with Crippen LogP contribution in [-0.2, 0) is 6.42 Å². The average molecular weight is 351 g/mol. The van der Waals surface area contributed by atoms with E-state index in [2.05, 4.69) is 21.4 Å². The summed E-state index contributed by atoms with van der Waals surface area (Å²) in [5.74, 6) is 0.712. The molecule has 3 heterocycles. The summed E-state index contributed by atoms with van der Waals surface area (Å²) in [4.78, 5) is 19.9. The van der Waals surface area contributed by atoms with E-state index in [4.69, 9.17) is 4.42 Å². The first-order valence-corrected chi connectivity index (χ1v) is 8.94. The summed E-state index contributed by atoms with van der Waals surface area (Å²) >= 11 is 1.56. The van der Waals surface area contributed by atoms with Crippen LogP contribution in [0.2, 0.25) is 0 Å². The first kappa shape index (κ1) is 15.7. The molecule has 0 spiro atoms. The molecule has 0 bridgehead atoms. The van der Waals surface area contributed by atoms with Gasteiger partial charge in [0.2, 0.25) is 0 Å². The number of nitrogens with zero attached hydrogens (tertiary/aromatic N) is 1. The van der Waals surface area contributed by atoms with Crippen LogP contribution in [-0.4, -0.2) is 22.4 Å². The zero-order chi connectivity index (χ0) is 17.2. The van der Waals surface area contributed by atoms with Crippen LogP contribution >= 0.6 is 11.3 Å². The Balaban J connectivity index is 1.38. The normalized spacial score (nSPS) is 11.1. The van der Waals surface area contributed by atoms with E-state index in [1.807, 2.05) is 36.7 Å².